The van der Waals surface area contributed by atoms with Gasteiger partial charge < -0.3 is 9.47 Å². The Kier molecular flexibility index (Phi) is 29.8. The number of ketones is 2. The van der Waals surface area contributed by atoms with E-state index >= 15 is 0 Å². The van der Waals surface area contributed by atoms with Gasteiger partial charge in [0.05, 0.1) is 33.8 Å². The molecule has 12 heteroatoms. The van der Waals surface area contributed by atoms with Crippen molar-refractivity contribution in [3.63, 3.8) is 0 Å². The topological polar surface area (TPSA) is 148 Å². The molecule has 0 spiro atoms. The summed E-state index contributed by atoms with van der Waals surface area (Å²) in [5.74, 6) is 1.68. The van der Waals surface area contributed by atoms with Crippen LogP contribution in [0, 0.1) is 57.2 Å². The number of rotatable bonds is 42. The molecule has 15 rings (SSSR count). The van der Waals surface area contributed by atoms with Crippen LogP contribution in [0.25, 0.3) is 63.7 Å². The van der Waals surface area contributed by atoms with Crippen molar-refractivity contribution in [2.24, 2.45) is 11.8 Å². The molecule has 126 heavy (non-hydrogen) atoms. The first-order valence-electron chi connectivity index (χ1n) is 47.0. The van der Waals surface area contributed by atoms with Crippen molar-refractivity contribution < 1.29 is 19.1 Å². The van der Waals surface area contributed by atoms with Crippen LogP contribution in [0.15, 0.2) is 204 Å². The minimum absolute atomic E-state index is 0.0974. The van der Waals surface area contributed by atoms with Crippen LogP contribution in [-0.2, 0) is 36.5 Å². The second-order valence-corrected chi connectivity index (χ2v) is 39.4. The number of hydrogen-bond donors (Lipinski definition) is 0. The fourth-order valence-electron chi connectivity index (χ4n) is 19.8. The standard InChI is InChI=1S/C114H118N4O4S4/c1-9-17-23-27-37-77-45-53-83(54-46-77)113(84-55-47-78(48-56-84)38-28-24-18-10-2)97-65-94-98(66-93(97)109-99(113)67-103(125-109)111-101(121-73-75(15-7)35-21-13-5)63-87(123-111)61-95-105(81(69-115)70-116)89-41-31-33-43-91(89)107(95)119)114(85-57-49-79(50-58-85)39-29-25-19-11-3,86-59-51-80(52-60-86)40-30-26-20-12-4)100-68-104(126-110(94)100)112-102(122-74-76(16-8)36-22-14-6)64-88(124-112)62-96-106(82(71-117)72-118)90-42-32-34-44-92(90)108(96)120/h31-34,41-68,75-76H,9-30,35-40,73-74H2,1-8H3/b95-61-,96-62-. The van der Waals surface area contributed by atoms with Crippen molar-refractivity contribution in [1.82, 2.24) is 0 Å². The molecule has 0 bridgehead atoms. The number of carbonyl (C=O) groups excluding carboxylic acids is 2. The number of aryl methyl sites for hydroxylation is 4. The number of unbranched alkanes of at least 4 members (excludes halogenated alkanes) is 14. The van der Waals surface area contributed by atoms with E-state index in [1.54, 1.807) is 34.8 Å². The molecule has 0 amide bonds. The second kappa shape index (κ2) is 41.8. The molecular weight excluding hydrogens is 1620 g/mol. The zero-order chi connectivity index (χ0) is 87.9. The molecule has 4 heterocycles. The van der Waals surface area contributed by atoms with Gasteiger partial charge >= 0.3 is 0 Å². The minimum Gasteiger partial charge on any atom is -0.492 e. The first kappa shape index (κ1) is 90.0. The highest BCUT2D eigenvalue weighted by Gasteiger charge is 2.54. The Bertz CT molecular complexity index is 5560. The van der Waals surface area contributed by atoms with Crippen molar-refractivity contribution in [3.8, 4) is 76.2 Å². The van der Waals surface area contributed by atoms with E-state index in [2.05, 4.69) is 213 Å². The second-order valence-electron chi connectivity index (χ2n) is 35.1. The number of thiophene rings is 4. The van der Waals surface area contributed by atoms with Gasteiger partial charge in [0.25, 0.3) is 0 Å². The van der Waals surface area contributed by atoms with Gasteiger partial charge in [0, 0.05) is 62.7 Å². The molecule has 0 saturated carbocycles. The van der Waals surface area contributed by atoms with E-state index in [4.69, 9.17) is 9.47 Å². The number of nitrogens with zero attached hydrogens (tertiary/aromatic N) is 4. The number of hydrogen-bond acceptors (Lipinski definition) is 12. The molecule has 0 saturated heterocycles. The maximum Gasteiger partial charge on any atom is 0.194 e. The first-order valence-corrected chi connectivity index (χ1v) is 50.3. The molecule has 4 aliphatic carbocycles. The molecule has 11 aromatic rings. The quantitative estimate of drug-likeness (QED) is 0.0209. The Hall–Kier alpha value is -10.8. The Morgan fingerprint density at radius 3 is 0.944 bits per heavy atom. The summed E-state index contributed by atoms with van der Waals surface area (Å²) in [4.78, 5) is 37.7. The number of allylic oxidation sites excluding steroid dienone is 6. The van der Waals surface area contributed by atoms with Gasteiger partial charge in [-0.05, 0) is 214 Å². The molecule has 2 atom stereocenters. The number of ether oxygens (including phenoxy) is 2. The monoisotopic (exact) mass is 1730 g/mol. The van der Waals surface area contributed by atoms with E-state index in [1.807, 2.05) is 71.2 Å². The van der Waals surface area contributed by atoms with Gasteiger partial charge in [0.15, 0.2) is 11.6 Å². The molecule has 8 nitrogen and oxygen atoms in total. The van der Waals surface area contributed by atoms with Crippen LogP contribution >= 0.6 is 45.3 Å². The number of nitriles is 4. The normalized spacial score (nSPS) is 14.7. The van der Waals surface area contributed by atoms with Crippen LogP contribution in [0.3, 0.4) is 0 Å². The smallest absolute Gasteiger partial charge is 0.194 e. The molecule has 0 N–H and O–H groups in total. The highest BCUT2D eigenvalue weighted by Crippen LogP contribution is 2.67. The van der Waals surface area contributed by atoms with Gasteiger partial charge in [-0.15, -0.1) is 45.3 Å². The zero-order valence-electron chi connectivity index (χ0n) is 74.9. The zero-order valence-corrected chi connectivity index (χ0v) is 78.2. The summed E-state index contributed by atoms with van der Waals surface area (Å²) < 4.78 is 14.6. The van der Waals surface area contributed by atoms with Gasteiger partial charge in [-0.3, -0.25) is 9.59 Å². The molecule has 2 unspecified atom stereocenters. The average molecular weight is 1740 g/mol. The summed E-state index contributed by atoms with van der Waals surface area (Å²) in [6, 6.07) is 76.5. The third-order valence-corrected chi connectivity index (χ3v) is 31.7. The summed E-state index contributed by atoms with van der Waals surface area (Å²) >= 11 is 6.86. The maximum absolute atomic E-state index is 14.9. The van der Waals surface area contributed by atoms with Crippen LogP contribution in [-0.4, -0.2) is 24.8 Å². The Morgan fingerprint density at radius 2 is 0.651 bits per heavy atom. The van der Waals surface area contributed by atoms with Crippen LogP contribution in [0.4, 0.5) is 0 Å². The van der Waals surface area contributed by atoms with Gasteiger partial charge in [0.2, 0.25) is 0 Å². The van der Waals surface area contributed by atoms with Crippen molar-refractivity contribution in [1.29, 1.82) is 21.0 Å². The summed E-state index contributed by atoms with van der Waals surface area (Å²) in [5, 5.41) is 42.3. The molecule has 0 aliphatic heterocycles. The van der Waals surface area contributed by atoms with Gasteiger partial charge in [0.1, 0.15) is 46.9 Å². The predicted octanol–water partition coefficient (Wildman–Crippen LogP) is 31.8. The summed E-state index contributed by atoms with van der Waals surface area (Å²) in [6.07, 6.45) is 34.8. The van der Waals surface area contributed by atoms with Crippen LogP contribution in [0.5, 0.6) is 11.5 Å². The Labute approximate surface area is 764 Å². The van der Waals surface area contributed by atoms with Gasteiger partial charge in [-0.1, -0.05) is 317 Å². The van der Waals surface area contributed by atoms with Crippen molar-refractivity contribution >= 4 is 80.2 Å². The van der Waals surface area contributed by atoms with Crippen LogP contribution in [0.2, 0.25) is 0 Å². The van der Waals surface area contributed by atoms with Crippen molar-refractivity contribution in [3.05, 3.63) is 303 Å². The van der Waals surface area contributed by atoms with Crippen molar-refractivity contribution in [2.75, 3.05) is 13.2 Å². The molecule has 4 aliphatic rings. The van der Waals surface area contributed by atoms with Gasteiger partial charge in [-0.2, -0.15) is 21.0 Å². The highest BCUT2D eigenvalue weighted by molar-refractivity contribution is 7.25. The molecule has 642 valence electrons. The molecule has 0 radical (unpaired) electrons. The largest absolute Gasteiger partial charge is 0.492 e. The Balaban J connectivity index is 1.02. The van der Waals surface area contributed by atoms with E-state index in [1.165, 1.54) is 165 Å². The first-order chi connectivity index (χ1) is 61.8. The van der Waals surface area contributed by atoms with Crippen LogP contribution < -0.4 is 9.47 Å². The summed E-state index contributed by atoms with van der Waals surface area (Å²) in [6.45, 7) is 19.2. The lowest BCUT2D eigenvalue weighted by atomic mass is 9.65. The maximum atomic E-state index is 14.9. The lowest BCUT2D eigenvalue weighted by Gasteiger charge is -2.35. The molecule has 0 fully saturated rings. The van der Waals surface area contributed by atoms with Crippen LogP contribution in [0.1, 0.15) is 318 Å². The lowest BCUT2D eigenvalue weighted by molar-refractivity contribution is 0.103. The predicted molar refractivity (Wildman–Crippen MR) is 526 cm³/mol. The number of fused-ring (bicyclic) bond motifs is 8. The number of benzene rings is 7. The fraction of sp³-hybridized carbons (Fsp3) is 0.368. The lowest BCUT2D eigenvalue weighted by Crippen LogP contribution is -2.30. The fourth-order valence-corrected chi connectivity index (χ4v) is 24.6. The van der Waals surface area contributed by atoms with Gasteiger partial charge in [-0.25, -0.2) is 0 Å². The number of carbonyl (C=O) groups is 2. The van der Waals surface area contributed by atoms with E-state index in [9.17, 15) is 30.6 Å². The molecule has 7 aromatic carbocycles. The third-order valence-electron chi connectivity index (χ3n) is 26.9. The summed E-state index contributed by atoms with van der Waals surface area (Å²) in [7, 11) is 0. The SMILES string of the molecule is CCCCCCc1ccc(C2(c3ccc(CCCCCC)cc3)c3cc4c(cc3-c3sc(-c5sc(/C=C6\C(=O)c7ccccc7C6=C(C#N)C#N)cc5OCC(CC)CCCC)cc32)C(c2ccc(CCCCCC)cc2)(c2ccc(CCCCCC)cc2)c2cc(-c3sc(/C=C5\C(=O)c6ccccc6C5=C(C#N)C#N)cc3OCC(CC)CCCC)sc2-4)cc1. The minimum atomic E-state index is -0.879. The van der Waals surface area contributed by atoms with Crippen molar-refractivity contribution in [2.45, 2.75) is 246 Å². The Morgan fingerprint density at radius 1 is 0.341 bits per heavy atom. The molecular formula is C114H118N4O4S4. The third kappa shape index (κ3) is 18.0. The van der Waals surface area contributed by atoms with E-state index in [0.717, 1.165) is 143 Å². The highest BCUT2D eigenvalue weighted by atomic mass is 32.1. The van der Waals surface area contributed by atoms with E-state index in [0.29, 0.717) is 69.6 Å². The van der Waals surface area contributed by atoms with E-state index in [-0.39, 0.29) is 22.7 Å². The van der Waals surface area contributed by atoms with E-state index < -0.39 is 10.8 Å². The summed E-state index contributed by atoms with van der Waals surface area (Å²) in [5.41, 5.74) is 18.8. The average Bonchev–Trinajstić information content (AvgIpc) is 1.50. The number of Topliss-reactive ketones (excluding diaryl/α,β-unsaturated/α-hetero) is 2. The molecule has 4 aromatic heterocycles.